The fourth-order valence-electron chi connectivity index (χ4n) is 2.65. The van der Waals surface area contributed by atoms with Crippen molar-refractivity contribution in [2.45, 2.75) is 39.3 Å². The van der Waals surface area contributed by atoms with Gasteiger partial charge in [0.2, 0.25) is 5.91 Å². The lowest BCUT2D eigenvalue weighted by atomic mass is 10.1. The van der Waals surface area contributed by atoms with Crippen molar-refractivity contribution in [3.05, 3.63) is 53.3 Å². The van der Waals surface area contributed by atoms with Gasteiger partial charge >= 0.3 is 12.0 Å². The zero-order chi connectivity index (χ0) is 20.0. The number of aryl methyl sites for hydroxylation is 2. The number of carbonyl (C=O) groups is 3. The number of methoxy groups -OCH3 is 1. The first-order valence-corrected chi connectivity index (χ1v) is 8.58. The van der Waals surface area contributed by atoms with E-state index in [0.29, 0.717) is 11.4 Å². The first-order valence-electron chi connectivity index (χ1n) is 8.58. The quantitative estimate of drug-likeness (QED) is 0.745. The molecule has 0 saturated heterocycles. The summed E-state index contributed by atoms with van der Waals surface area (Å²) in [6, 6.07) is 8.84. The van der Waals surface area contributed by atoms with Crippen molar-refractivity contribution < 1.29 is 19.1 Å². The van der Waals surface area contributed by atoms with Crippen LogP contribution in [0.3, 0.4) is 0 Å². The lowest BCUT2D eigenvalue weighted by molar-refractivity contribution is -0.144. The second kappa shape index (κ2) is 8.98. The summed E-state index contributed by atoms with van der Waals surface area (Å²) >= 11 is 0. The molecule has 2 atom stereocenters. The molecule has 0 aliphatic heterocycles. The lowest BCUT2D eigenvalue weighted by Gasteiger charge is -2.20. The highest BCUT2D eigenvalue weighted by Gasteiger charge is 2.26. The zero-order valence-electron chi connectivity index (χ0n) is 15.9. The fraction of sp³-hybridized carbons (Fsp3) is 0.368. The molecule has 1 aromatic carbocycles. The molecule has 0 saturated carbocycles. The first-order chi connectivity index (χ1) is 12.8. The molecule has 27 heavy (non-hydrogen) atoms. The molecule has 8 heteroatoms. The summed E-state index contributed by atoms with van der Waals surface area (Å²) in [6.07, 6.45) is 0.269. The number of benzene rings is 1. The molecule has 2 aromatic rings. The molecule has 8 nitrogen and oxygen atoms in total. The van der Waals surface area contributed by atoms with Crippen molar-refractivity contribution in [2.75, 3.05) is 7.11 Å². The van der Waals surface area contributed by atoms with Gasteiger partial charge < -0.3 is 15.4 Å². The van der Waals surface area contributed by atoms with Crippen LogP contribution in [0.5, 0.6) is 0 Å². The van der Waals surface area contributed by atoms with Crippen molar-refractivity contribution in [2.24, 2.45) is 0 Å². The topological polar surface area (TPSA) is 102 Å². The number of hydrogen-bond acceptors (Lipinski definition) is 5. The summed E-state index contributed by atoms with van der Waals surface area (Å²) in [5.74, 6) is -1.04. The molecule has 1 heterocycles. The molecule has 1 aromatic heterocycles. The van der Waals surface area contributed by atoms with Crippen LogP contribution in [0.1, 0.15) is 23.9 Å². The Bertz CT molecular complexity index is 816. The number of ether oxygens (including phenoxy) is 1. The van der Waals surface area contributed by atoms with E-state index in [2.05, 4.69) is 20.5 Å². The first kappa shape index (κ1) is 20.2. The van der Waals surface area contributed by atoms with Crippen molar-refractivity contribution >= 4 is 17.9 Å². The maximum atomic E-state index is 12.7. The van der Waals surface area contributed by atoms with Crippen LogP contribution in [0.25, 0.3) is 0 Å². The Hall–Kier alpha value is -3.16. The van der Waals surface area contributed by atoms with Gasteiger partial charge in [0, 0.05) is 12.1 Å². The Kier molecular flexibility index (Phi) is 6.70. The second-order valence-corrected chi connectivity index (χ2v) is 6.28. The van der Waals surface area contributed by atoms with Crippen LogP contribution in [-0.2, 0) is 20.7 Å². The van der Waals surface area contributed by atoms with Gasteiger partial charge in [-0.05, 0) is 32.4 Å². The van der Waals surface area contributed by atoms with E-state index < -0.39 is 30.0 Å². The highest BCUT2D eigenvalue weighted by atomic mass is 16.5. The van der Waals surface area contributed by atoms with Gasteiger partial charge in [0.15, 0.2) is 0 Å². The molecular weight excluding hydrogens is 348 g/mol. The number of carbonyl (C=O) groups excluding carboxylic acids is 3. The molecule has 0 bridgehead atoms. The van der Waals surface area contributed by atoms with Crippen LogP contribution < -0.4 is 10.6 Å². The predicted octanol–water partition coefficient (Wildman–Crippen LogP) is 1.35. The normalized spacial score (nSPS) is 12.7. The number of esters is 1. The van der Waals surface area contributed by atoms with Crippen LogP contribution in [0, 0.1) is 13.8 Å². The summed E-state index contributed by atoms with van der Waals surface area (Å²) in [5.41, 5.74) is 2.23. The zero-order valence-corrected chi connectivity index (χ0v) is 15.9. The van der Waals surface area contributed by atoms with Gasteiger partial charge in [-0.25, -0.2) is 9.59 Å². The number of hydrogen-bond donors (Lipinski definition) is 2. The molecule has 2 N–H and O–H groups in total. The molecule has 0 aliphatic rings. The molecule has 144 valence electrons. The number of amides is 2. The van der Waals surface area contributed by atoms with Gasteiger partial charge in [-0.1, -0.05) is 30.3 Å². The monoisotopic (exact) mass is 372 g/mol. The van der Waals surface area contributed by atoms with E-state index in [9.17, 15) is 14.4 Å². The van der Waals surface area contributed by atoms with Gasteiger partial charge in [-0.3, -0.25) is 4.79 Å². The minimum atomic E-state index is -0.879. The van der Waals surface area contributed by atoms with Crippen molar-refractivity contribution in [1.82, 2.24) is 20.4 Å². The molecule has 0 fully saturated rings. The van der Waals surface area contributed by atoms with Gasteiger partial charge in [0.1, 0.15) is 12.1 Å². The average Bonchev–Trinajstić information content (AvgIpc) is 2.99. The van der Waals surface area contributed by atoms with E-state index >= 15 is 0 Å². The summed E-state index contributed by atoms with van der Waals surface area (Å²) in [5, 5.41) is 9.40. The van der Waals surface area contributed by atoms with E-state index in [0.717, 1.165) is 5.56 Å². The van der Waals surface area contributed by atoms with Crippen LogP contribution in [0.4, 0.5) is 4.79 Å². The molecule has 2 amide bonds. The molecule has 0 spiro atoms. The number of rotatable bonds is 6. The Morgan fingerprint density at radius 3 is 2.37 bits per heavy atom. The number of aromatic nitrogens is 2. The number of nitrogens with zero attached hydrogens (tertiary/aromatic N) is 2. The lowest BCUT2D eigenvalue weighted by Crippen LogP contribution is -2.52. The highest BCUT2D eigenvalue weighted by Crippen LogP contribution is 2.06. The number of nitrogens with one attached hydrogen (secondary N) is 2. The molecule has 0 radical (unpaired) electrons. The maximum absolute atomic E-state index is 12.7. The average molecular weight is 372 g/mol. The third-order valence-electron chi connectivity index (χ3n) is 4.01. The summed E-state index contributed by atoms with van der Waals surface area (Å²) in [6.45, 7) is 5.06. The molecular formula is C19H24N4O4. The Balaban J connectivity index is 2.18. The minimum Gasteiger partial charge on any atom is -0.467 e. The van der Waals surface area contributed by atoms with Crippen molar-refractivity contribution in [3.8, 4) is 0 Å². The maximum Gasteiger partial charge on any atom is 0.342 e. The van der Waals surface area contributed by atoms with Crippen molar-refractivity contribution in [3.63, 3.8) is 0 Å². The molecule has 0 aliphatic carbocycles. The fourth-order valence-corrected chi connectivity index (χ4v) is 2.65. The van der Waals surface area contributed by atoms with E-state index in [1.54, 1.807) is 19.9 Å². The Morgan fingerprint density at radius 1 is 1.15 bits per heavy atom. The Morgan fingerprint density at radius 2 is 1.81 bits per heavy atom. The second-order valence-electron chi connectivity index (χ2n) is 6.28. The molecule has 0 unspecified atom stereocenters. The van der Waals surface area contributed by atoms with Gasteiger partial charge in [0.25, 0.3) is 0 Å². The van der Waals surface area contributed by atoms with E-state index in [-0.39, 0.29) is 6.42 Å². The van der Waals surface area contributed by atoms with Crippen molar-refractivity contribution in [1.29, 1.82) is 0 Å². The van der Waals surface area contributed by atoms with Crippen LogP contribution in [-0.4, -0.2) is 46.9 Å². The van der Waals surface area contributed by atoms with Gasteiger partial charge in [-0.15, -0.1) is 0 Å². The SMILES string of the molecule is COC(=O)[C@H](C)NC(=O)[C@H](Cc1ccccc1)NC(=O)n1nc(C)cc1C. The molecule has 2 rings (SSSR count). The van der Waals surface area contributed by atoms with E-state index in [4.69, 9.17) is 0 Å². The van der Waals surface area contributed by atoms with Crippen LogP contribution >= 0.6 is 0 Å². The Labute approximate surface area is 157 Å². The predicted molar refractivity (Wildman–Crippen MR) is 99.2 cm³/mol. The smallest absolute Gasteiger partial charge is 0.342 e. The van der Waals surface area contributed by atoms with Gasteiger partial charge in [-0.2, -0.15) is 9.78 Å². The third-order valence-corrected chi connectivity index (χ3v) is 4.01. The summed E-state index contributed by atoms with van der Waals surface area (Å²) < 4.78 is 5.84. The van der Waals surface area contributed by atoms with Crippen LogP contribution in [0.15, 0.2) is 36.4 Å². The summed E-state index contributed by atoms with van der Waals surface area (Å²) in [4.78, 5) is 36.8. The van der Waals surface area contributed by atoms with E-state index in [1.807, 2.05) is 30.3 Å². The van der Waals surface area contributed by atoms with E-state index in [1.165, 1.54) is 18.7 Å². The van der Waals surface area contributed by atoms with Gasteiger partial charge in [0.05, 0.1) is 12.8 Å². The third kappa shape index (κ3) is 5.40. The summed E-state index contributed by atoms with van der Waals surface area (Å²) in [7, 11) is 1.25. The largest absolute Gasteiger partial charge is 0.467 e. The highest BCUT2D eigenvalue weighted by molar-refractivity contribution is 5.90. The van der Waals surface area contributed by atoms with Crippen LogP contribution in [0.2, 0.25) is 0 Å². The standard InChI is InChI=1S/C19H24N4O4/c1-12-10-13(2)23(22-12)19(26)21-16(11-15-8-6-5-7-9-15)17(24)20-14(3)18(25)27-4/h5-10,14,16H,11H2,1-4H3,(H,20,24)(H,21,26)/t14-,16-/m0/s1. The minimum absolute atomic E-state index is 0.269.